The summed E-state index contributed by atoms with van der Waals surface area (Å²) in [5.41, 5.74) is 2.90. The van der Waals surface area contributed by atoms with Crippen LogP contribution in [0.3, 0.4) is 0 Å². The minimum atomic E-state index is -0.311. The summed E-state index contributed by atoms with van der Waals surface area (Å²) in [6.07, 6.45) is 7.28. The van der Waals surface area contributed by atoms with Gasteiger partial charge in [-0.2, -0.15) is 0 Å². The standard InChI is InChI=1S/C28H32N6O2/c1-20(2)17-34-24-19-33(18-21-11-13-22(14-12-21)30-16-8-15-29-3)26(31-23-9-6-5-7-10-23)25(24)27(35)32(4)28(34)36/h5-16,19-20,30-31H,17-18H2,1-4H3/b16-8-,29-15?. The number of nitrogens with one attached hydrogen (secondary N) is 2. The van der Waals surface area contributed by atoms with Gasteiger partial charge in [-0.25, -0.2) is 4.79 Å². The van der Waals surface area contributed by atoms with E-state index in [9.17, 15) is 9.59 Å². The number of benzene rings is 2. The van der Waals surface area contributed by atoms with E-state index >= 15 is 0 Å². The van der Waals surface area contributed by atoms with Crippen LogP contribution >= 0.6 is 0 Å². The van der Waals surface area contributed by atoms with Gasteiger partial charge >= 0.3 is 5.69 Å². The van der Waals surface area contributed by atoms with Gasteiger partial charge in [0.05, 0.1) is 5.52 Å². The number of anilines is 3. The van der Waals surface area contributed by atoms with Crippen molar-refractivity contribution in [3.8, 4) is 0 Å². The lowest BCUT2D eigenvalue weighted by Crippen LogP contribution is -2.38. The molecular weight excluding hydrogens is 452 g/mol. The van der Waals surface area contributed by atoms with Crippen molar-refractivity contribution in [2.45, 2.75) is 26.9 Å². The van der Waals surface area contributed by atoms with E-state index in [2.05, 4.69) is 29.5 Å². The minimum absolute atomic E-state index is 0.245. The van der Waals surface area contributed by atoms with Crippen molar-refractivity contribution >= 4 is 34.3 Å². The third-order valence-electron chi connectivity index (χ3n) is 5.86. The first-order valence-corrected chi connectivity index (χ1v) is 12.0. The molecule has 4 aromatic rings. The molecule has 0 saturated carbocycles. The molecule has 2 aromatic heterocycles. The topological polar surface area (TPSA) is 85.3 Å². The van der Waals surface area contributed by atoms with Crippen molar-refractivity contribution in [3.05, 3.63) is 99.5 Å². The molecule has 0 atom stereocenters. The van der Waals surface area contributed by atoms with Crippen LogP contribution in [0.5, 0.6) is 0 Å². The summed E-state index contributed by atoms with van der Waals surface area (Å²) in [7, 11) is 3.26. The molecule has 2 heterocycles. The van der Waals surface area contributed by atoms with Crippen molar-refractivity contribution in [1.29, 1.82) is 0 Å². The van der Waals surface area contributed by atoms with Crippen LogP contribution in [0.15, 0.2) is 87.7 Å². The van der Waals surface area contributed by atoms with Crippen LogP contribution in [-0.4, -0.2) is 27.0 Å². The van der Waals surface area contributed by atoms with Gasteiger partial charge in [0.1, 0.15) is 11.2 Å². The molecule has 0 unspecified atom stereocenters. The molecule has 36 heavy (non-hydrogen) atoms. The Balaban J connectivity index is 1.80. The van der Waals surface area contributed by atoms with E-state index in [-0.39, 0.29) is 17.2 Å². The smallest absolute Gasteiger partial charge is 0.331 e. The highest BCUT2D eigenvalue weighted by Crippen LogP contribution is 2.27. The molecule has 0 radical (unpaired) electrons. The highest BCUT2D eigenvalue weighted by atomic mass is 16.2. The molecule has 8 nitrogen and oxygen atoms in total. The summed E-state index contributed by atoms with van der Waals surface area (Å²) in [6.45, 7) is 5.17. The van der Waals surface area contributed by atoms with Crippen molar-refractivity contribution in [3.63, 3.8) is 0 Å². The average Bonchev–Trinajstić information content (AvgIpc) is 3.22. The molecule has 0 aliphatic rings. The lowest BCUT2D eigenvalue weighted by molar-refractivity contribution is 0.502. The van der Waals surface area contributed by atoms with Crippen molar-refractivity contribution in [1.82, 2.24) is 13.7 Å². The molecule has 0 amide bonds. The normalized spacial score (nSPS) is 11.8. The second-order valence-electron chi connectivity index (χ2n) is 9.12. The summed E-state index contributed by atoms with van der Waals surface area (Å²) in [4.78, 5) is 30.3. The van der Waals surface area contributed by atoms with Crippen molar-refractivity contribution in [2.24, 2.45) is 18.0 Å². The van der Waals surface area contributed by atoms with Gasteiger partial charge in [-0.1, -0.05) is 44.2 Å². The molecule has 0 saturated heterocycles. The van der Waals surface area contributed by atoms with Gasteiger partial charge in [-0.05, 0) is 41.8 Å². The van der Waals surface area contributed by atoms with Gasteiger partial charge in [0, 0.05) is 57.2 Å². The lowest BCUT2D eigenvalue weighted by Gasteiger charge is -2.13. The second-order valence-corrected chi connectivity index (χ2v) is 9.12. The van der Waals surface area contributed by atoms with Gasteiger partial charge in [-0.15, -0.1) is 0 Å². The number of hydrogen-bond acceptors (Lipinski definition) is 5. The SMILES string of the molecule is CN=C/C=C\Nc1ccc(Cn2cc3c(c2Nc2ccccc2)c(=O)n(C)c(=O)n3CC(C)C)cc1. The number of aromatic nitrogens is 3. The van der Waals surface area contributed by atoms with Crippen LogP contribution in [0.4, 0.5) is 17.2 Å². The molecule has 0 aliphatic heterocycles. The Labute approximate surface area is 210 Å². The fourth-order valence-electron chi connectivity index (χ4n) is 4.13. The van der Waals surface area contributed by atoms with E-state index < -0.39 is 0 Å². The van der Waals surface area contributed by atoms with Gasteiger partial charge < -0.3 is 15.2 Å². The first kappa shape index (κ1) is 24.8. The first-order valence-electron chi connectivity index (χ1n) is 12.0. The number of allylic oxidation sites excluding steroid dienone is 1. The predicted molar refractivity (Wildman–Crippen MR) is 149 cm³/mol. The fraction of sp³-hybridized carbons (Fsp3) is 0.250. The zero-order valence-corrected chi connectivity index (χ0v) is 21.1. The van der Waals surface area contributed by atoms with Crippen LogP contribution < -0.4 is 21.9 Å². The Bertz CT molecular complexity index is 1510. The summed E-state index contributed by atoms with van der Waals surface area (Å²) in [6, 6.07) is 17.8. The largest absolute Gasteiger partial charge is 0.362 e. The van der Waals surface area contributed by atoms with E-state index in [0.29, 0.717) is 29.8 Å². The molecule has 2 N–H and O–H groups in total. The van der Waals surface area contributed by atoms with Crippen LogP contribution in [-0.2, 0) is 20.1 Å². The number of hydrogen-bond donors (Lipinski definition) is 2. The van der Waals surface area contributed by atoms with Crippen LogP contribution in [0.25, 0.3) is 10.9 Å². The minimum Gasteiger partial charge on any atom is -0.362 e. The van der Waals surface area contributed by atoms with Gasteiger partial charge in [0.25, 0.3) is 5.56 Å². The summed E-state index contributed by atoms with van der Waals surface area (Å²) < 4.78 is 4.91. The summed E-state index contributed by atoms with van der Waals surface area (Å²) in [5, 5.41) is 7.15. The fourth-order valence-corrected chi connectivity index (χ4v) is 4.13. The second kappa shape index (κ2) is 10.9. The average molecular weight is 485 g/mol. The highest BCUT2D eigenvalue weighted by molar-refractivity contribution is 5.92. The molecule has 0 bridgehead atoms. The van der Waals surface area contributed by atoms with E-state index in [1.54, 1.807) is 17.8 Å². The Morgan fingerprint density at radius 2 is 1.72 bits per heavy atom. The quantitative estimate of drug-likeness (QED) is 0.341. The summed E-state index contributed by atoms with van der Waals surface area (Å²) >= 11 is 0. The van der Waals surface area contributed by atoms with Gasteiger partial charge in [0.15, 0.2) is 0 Å². The van der Waals surface area contributed by atoms with E-state index in [1.807, 2.05) is 77.6 Å². The Kier molecular flexibility index (Phi) is 7.53. The number of aliphatic imine (C=N–C) groups is 1. The molecule has 0 fully saturated rings. The van der Waals surface area contributed by atoms with Crippen molar-refractivity contribution in [2.75, 3.05) is 17.7 Å². The summed E-state index contributed by atoms with van der Waals surface area (Å²) in [5.74, 6) is 0.910. The Morgan fingerprint density at radius 1 is 1.00 bits per heavy atom. The van der Waals surface area contributed by atoms with E-state index in [0.717, 1.165) is 16.9 Å². The lowest BCUT2D eigenvalue weighted by atomic mass is 10.2. The molecule has 8 heteroatoms. The highest BCUT2D eigenvalue weighted by Gasteiger charge is 2.20. The van der Waals surface area contributed by atoms with Gasteiger partial charge in [0.2, 0.25) is 0 Å². The maximum absolute atomic E-state index is 13.3. The molecule has 2 aromatic carbocycles. The number of nitrogens with zero attached hydrogens (tertiary/aromatic N) is 4. The molecule has 4 rings (SSSR count). The third-order valence-corrected chi connectivity index (χ3v) is 5.86. The zero-order valence-electron chi connectivity index (χ0n) is 21.1. The Hall–Kier alpha value is -4.33. The van der Waals surface area contributed by atoms with Crippen LogP contribution in [0, 0.1) is 5.92 Å². The van der Waals surface area contributed by atoms with Crippen molar-refractivity contribution < 1.29 is 0 Å². The van der Waals surface area contributed by atoms with Crippen LogP contribution in [0.2, 0.25) is 0 Å². The monoisotopic (exact) mass is 484 g/mol. The molecular formula is C28H32N6O2. The molecule has 186 valence electrons. The van der Waals surface area contributed by atoms with Gasteiger partial charge in [-0.3, -0.25) is 18.9 Å². The maximum atomic E-state index is 13.3. The van der Waals surface area contributed by atoms with Crippen LogP contribution in [0.1, 0.15) is 19.4 Å². The number of rotatable bonds is 9. The third kappa shape index (κ3) is 5.33. The zero-order chi connectivity index (χ0) is 25.7. The molecule has 0 aliphatic carbocycles. The number of para-hydroxylation sites is 1. The Morgan fingerprint density at radius 3 is 2.39 bits per heavy atom. The molecule has 0 spiro atoms. The predicted octanol–water partition coefficient (Wildman–Crippen LogP) is 4.58. The first-order chi connectivity index (χ1) is 17.4. The van der Waals surface area contributed by atoms with E-state index in [1.165, 1.54) is 11.6 Å². The van der Waals surface area contributed by atoms with E-state index in [4.69, 9.17) is 0 Å². The number of fused-ring (bicyclic) bond motifs is 1. The maximum Gasteiger partial charge on any atom is 0.331 e.